The molecular formula is C24H25ClN4O4. The zero-order valence-electron chi connectivity index (χ0n) is 18.5. The van der Waals surface area contributed by atoms with Crippen molar-refractivity contribution in [1.82, 2.24) is 14.7 Å². The Kier molecular flexibility index (Phi) is 8.21. The van der Waals surface area contributed by atoms with Gasteiger partial charge in [0.1, 0.15) is 0 Å². The minimum atomic E-state index is -0.666. The third-order valence-corrected chi connectivity index (χ3v) is 5.31. The monoisotopic (exact) mass is 468 g/mol. The minimum absolute atomic E-state index is 0.115. The molecule has 172 valence electrons. The molecule has 0 bridgehead atoms. The SMILES string of the molecule is CCN(CC)C(=O)c1cccc(NC(=O)COC(=O)c2cnn(Cc3ccccc3Cl)c2)c1. The van der Waals surface area contributed by atoms with Gasteiger partial charge in [0.05, 0.1) is 18.3 Å². The topological polar surface area (TPSA) is 93.5 Å². The second-order valence-electron chi connectivity index (χ2n) is 7.20. The van der Waals surface area contributed by atoms with Crippen LogP contribution in [0, 0.1) is 0 Å². The van der Waals surface area contributed by atoms with Crippen LogP contribution < -0.4 is 5.32 Å². The number of hydrogen-bond acceptors (Lipinski definition) is 5. The molecule has 8 nitrogen and oxygen atoms in total. The molecule has 1 aromatic heterocycles. The summed E-state index contributed by atoms with van der Waals surface area (Å²) in [7, 11) is 0. The summed E-state index contributed by atoms with van der Waals surface area (Å²) in [6.07, 6.45) is 2.91. The van der Waals surface area contributed by atoms with Gasteiger partial charge >= 0.3 is 5.97 Å². The van der Waals surface area contributed by atoms with Crippen molar-refractivity contribution in [3.05, 3.63) is 82.6 Å². The summed E-state index contributed by atoms with van der Waals surface area (Å²) in [6.45, 7) is 4.93. The highest BCUT2D eigenvalue weighted by atomic mass is 35.5. The number of amides is 2. The summed E-state index contributed by atoms with van der Waals surface area (Å²) in [6, 6.07) is 14.0. The van der Waals surface area contributed by atoms with Crippen molar-refractivity contribution in [3.8, 4) is 0 Å². The molecule has 0 spiro atoms. The third-order valence-electron chi connectivity index (χ3n) is 4.94. The highest BCUT2D eigenvalue weighted by Gasteiger charge is 2.15. The predicted octanol–water partition coefficient (Wildman–Crippen LogP) is 3.86. The van der Waals surface area contributed by atoms with Crippen molar-refractivity contribution in [1.29, 1.82) is 0 Å². The van der Waals surface area contributed by atoms with Gasteiger partial charge in [0.15, 0.2) is 6.61 Å². The highest BCUT2D eigenvalue weighted by Crippen LogP contribution is 2.16. The standard InChI is InChI=1S/C24H25ClN4O4/c1-3-28(4-2)23(31)17-9-7-10-20(12-17)27-22(30)16-33-24(32)19-13-26-29(15-19)14-18-8-5-6-11-21(18)25/h5-13,15H,3-4,14,16H2,1-2H3,(H,27,30). The van der Waals surface area contributed by atoms with E-state index in [1.807, 2.05) is 32.0 Å². The van der Waals surface area contributed by atoms with E-state index in [4.69, 9.17) is 16.3 Å². The molecule has 0 aliphatic carbocycles. The van der Waals surface area contributed by atoms with E-state index in [0.29, 0.717) is 35.9 Å². The van der Waals surface area contributed by atoms with Crippen molar-refractivity contribution in [2.45, 2.75) is 20.4 Å². The van der Waals surface area contributed by atoms with Crippen LogP contribution in [-0.2, 0) is 16.1 Å². The Morgan fingerprint density at radius 1 is 1.06 bits per heavy atom. The lowest BCUT2D eigenvalue weighted by Crippen LogP contribution is -2.30. The number of nitrogens with one attached hydrogen (secondary N) is 1. The van der Waals surface area contributed by atoms with Crippen molar-refractivity contribution in [2.75, 3.05) is 25.0 Å². The Bertz CT molecular complexity index is 1140. The number of rotatable bonds is 9. The molecule has 0 saturated heterocycles. The van der Waals surface area contributed by atoms with Gasteiger partial charge in [-0.15, -0.1) is 0 Å². The van der Waals surface area contributed by atoms with Crippen LogP contribution in [0.4, 0.5) is 5.69 Å². The second kappa shape index (κ2) is 11.3. The fourth-order valence-corrected chi connectivity index (χ4v) is 3.39. The van der Waals surface area contributed by atoms with Crippen LogP contribution in [0.25, 0.3) is 0 Å². The molecule has 0 atom stereocenters. The number of nitrogens with zero attached hydrogens (tertiary/aromatic N) is 3. The van der Waals surface area contributed by atoms with E-state index < -0.39 is 18.5 Å². The molecule has 1 heterocycles. The Labute approximate surface area is 197 Å². The Morgan fingerprint density at radius 2 is 1.82 bits per heavy atom. The van der Waals surface area contributed by atoms with Crippen molar-refractivity contribution >= 4 is 35.1 Å². The number of esters is 1. The molecule has 9 heteroatoms. The van der Waals surface area contributed by atoms with Crippen molar-refractivity contribution in [2.24, 2.45) is 0 Å². The normalized spacial score (nSPS) is 10.5. The fraction of sp³-hybridized carbons (Fsp3) is 0.250. The smallest absolute Gasteiger partial charge is 0.341 e. The maximum atomic E-state index is 12.5. The quantitative estimate of drug-likeness (QED) is 0.481. The molecule has 0 aliphatic heterocycles. The molecule has 3 rings (SSSR count). The Balaban J connectivity index is 1.54. The molecule has 3 aromatic rings. The van der Waals surface area contributed by atoms with Gasteiger partial charge < -0.3 is 15.0 Å². The summed E-state index contributed by atoms with van der Waals surface area (Å²) in [5.41, 5.74) is 2.01. The molecule has 0 saturated carbocycles. The average molecular weight is 469 g/mol. The average Bonchev–Trinajstić information content (AvgIpc) is 3.28. The van der Waals surface area contributed by atoms with Gasteiger partial charge in [0.25, 0.3) is 11.8 Å². The molecule has 33 heavy (non-hydrogen) atoms. The first-order chi connectivity index (χ1) is 15.9. The molecule has 0 radical (unpaired) electrons. The number of carbonyl (C=O) groups excluding carboxylic acids is 3. The van der Waals surface area contributed by atoms with Gasteiger partial charge in [-0.25, -0.2) is 4.79 Å². The van der Waals surface area contributed by atoms with Gasteiger partial charge in [-0.3, -0.25) is 14.3 Å². The summed E-state index contributed by atoms with van der Waals surface area (Å²) in [5, 5.41) is 7.39. The van der Waals surface area contributed by atoms with Gasteiger partial charge in [0, 0.05) is 35.6 Å². The second-order valence-corrected chi connectivity index (χ2v) is 7.61. The van der Waals surface area contributed by atoms with Gasteiger partial charge in [-0.2, -0.15) is 5.10 Å². The van der Waals surface area contributed by atoms with Gasteiger partial charge in [-0.1, -0.05) is 35.9 Å². The molecule has 1 N–H and O–H groups in total. The lowest BCUT2D eigenvalue weighted by molar-refractivity contribution is -0.119. The van der Waals surface area contributed by atoms with E-state index in [1.165, 1.54) is 12.4 Å². The third kappa shape index (κ3) is 6.43. The Morgan fingerprint density at radius 3 is 2.55 bits per heavy atom. The van der Waals surface area contributed by atoms with E-state index in [1.54, 1.807) is 39.9 Å². The van der Waals surface area contributed by atoms with Gasteiger partial charge in [0.2, 0.25) is 0 Å². The van der Waals surface area contributed by atoms with E-state index >= 15 is 0 Å². The molecule has 0 unspecified atom stereocenters. The first-order valence-corrected chi connectivity index (χ1v) is 10.9. The molecule has 0 fully saturated rings. The van der Waals surface area contributed by atoms with Crippen molar-refractivity contribution in [3.63, 3.8) is 0 Å². The van der Waals surface area contributed by atoms with E-state index in [-0.39, 0.29) is 11.5 Å². The molecule has 2 aromatic carbocycles. The summed E-state index contributed by atoms with van der Waals surface area (Å²) >= 11 is 6.15. The largest absolute Gasteiger partial charge is 0.452 e. The van der Waals surface area contributed by atoms with E-state index in [2.05, 4.69) is 10.4 Å². The number of aromatic nitrogens is 2. The summed E-state index contributed by atoms with van der Waals surface area (Å²) < 4.78 is 6.66. The first-order valence-electron chi connectivity index (χ1n) is 10.5. The Hall–Kier alpha value is -3.65. The lowest BCUT2D eigenvalue weighted by Gasteiger charge is -2.19. The number of carbonyl (C=O) groups is 3. The summed E-state index contributed by atoms with van der Waals surface area (Å²) in [4.78, 5) is 38.7. The van der Waals surface area contributed by atoms with Crippen LogP contribution in [0.15, 0.2) is 60.9 Å². The van der Waals surface area contributed by atoms with Crippen LogP contribution in [0.2, 0.25) is 5.02 Å². The molecule has 0 aliphatic rings. The zero-order valence-corrected chi connectivity index (χ0v) is 19.2. The maximum absolute atomic E-state index is 12.5. The van der Waals surface area contributed by atoms with Crippen molar-refractivity contribution < 1.29 is 19.1 Å². The van der Waals surface area contributed by atoms with E-state index in [0.717, 1.165) is 5.56 Å². The number of anilines is 1. The van der Waals surface area contributed by atoms with Crippen LogP contribution in [0.5, 0.6) is 0 Å². The highest BCUT2D eigenvalue weighted by molar-refractivity contribution is 6.31. The predicted molar refractivity (Wildman–Crippen MR) is 125 cm³/mol. The minimum Gasteiger partial charge on any atom is -0.452 e. The van der Waals surface area contributed by atoms with Crippen LogP contribution >= 0.6 is 11.6 Å². The van der Waals surface area contributed by atoms with Crippen LogP contribution in [0.3, 0.4) is 0 Å². The fourth-order valence-electron chi connectivity index (χ4n) is 3.19. The first kappa shape index (κ1) is 24.0. The number of halogens is 1. The summed E-state index contributed by atoms with van der Waals surface area (Å²) in [5.74, 6) is -1.29. The maximum Gasteiger partial charge on any atom is 0.341 e. The lowest BCUT2D eigenvalue weighted by atomic mass is 10.1. The number of hydrogen-bond donors (Lipinski definition) is 1. The van der Waals surface area contributed by atoms with E-state index in [9.17, 15) is 14.4 Å². The van der Waals surface area contributed by atoms with Crippen LogP contribution in [0.1, 0.15) is 40.1 Å². The number of benzene rings is 2. The zero-order chi connectivity index (χ0) is 23.8. The molecular weight excluding hydrogens is 444 g/mol. The number of ether oxygens (including phenoxy) is 1. The molecule has 2 amide bonds. The van der Waals surface area contributed by atoms with Gasteiger partial charge in [-0.05, 0) is 43.7 Å². The van der Waals surface area contributed by atoms with Crippen LogP contribution in [-0.4, -0.2) is 52.2 Å².